The fourth-order valence-corrected chi connectivity index (χ4v) is 3.72. The number of sulfonamides is 1. The zero-order chi connectivity index (χ0) is 17.6. The Balaban J connectivity index is 1.88. The van der Waals surface area contributed by atoms with E-state index in [1.807, 2.05) is 12.1 Å². The van der Waals surface area contributed by atoms with E-state index in [0.717, 1.165) is 25.1 Å². The molecule has 0 saturated carbocycles. The van der Waals surface area contributed by atoms with Gasteiger partial charge in [0, 0.05) is 26.2 Å². The number of rotatable bonds is 8. The summed E-state index contributed by atoms with van der Waals surface area (Å²) < 4.78 is 32.4. The van der Waals surface area contributed by atoms with Crippen molar-refractivity contribution in [3.63, 3.8) is 0 Å². The van der Waals surface area contributed by atoms with Crippen LogP contribution in [0.3, 0.4) is 0 Å². The van der Waals surface area contributed by atoms with E-state index >= 15 is 0 Å². The highest BCUT2D eigenvalue weighted by atomic mass is 32.2. The maximum atomic E-state index is 12.3. The van der Waals surface area contributed by atoms with E-state index in [1.54, 1.807) is 12.1 Å². The minimum Gasteiger partial charge on any atom is -0.390 e. The van der Waals surface area contributed by atoms with Gasteiger partial charge in [-0.15, -0.1) is 0 Å². The summed E-state index contributed by atoms with van der Waals surface area (Å²) in [4.78, 5) is 2.30. The highest BCUT2D eigenvalue weighted by Crippen LogP contribution is 2.20. The number of hydrogen-bond donors (Lipinski definition) is 2. The molecule has 1 aromatic rings. The molecule has 1 heterocycles. The van der Waals surface area contributed by atoms with Crippen LogP contribution in [0, 0.1) is 0 Å². The first-order chi connectivity index (χ1) is 11.4. The lowest BCUT2D eigenvalue weighted by Crippen LogP contribution is -2.44. The van der Waals surface area contributed by atoms with Crippen LogP contribution < -0.4 is 4.72 Å². The van der Waals surface area contributed by atoms with E-state index in [4.69, 9.17) is 4.74 Å². The Morgan fingerprint density at radius 1 is 1.25 bits per heavy atom. The number of benzene rings is 1. The third-order valence-electron chi connectivity index (χ3n) is 4.45. The summed E-state index contributed by atoms with van der Waals surface area (Å²) in [5.74, 6) is 0.407. The zero-order valence-electron chi connectivity index (χ0n) is 14.4. The second-order valence-electron chi connectivity index (χ2n) is 6.30. The molecule has 1 aromatic carbocycles. The highest BCUT2D eigenvalue weighted by molar-refractivity contribution is 7.89. The minimum absolute atomic E-state index is 0.00675. The van der Waals surface area contributed by atoms with E-state index in [2.05, 4.69) is 23.5 Å². The summed E-state index contributed by atoms with van der Waals surface area (Å²) in [6.07, 6.45) is 0.273. The van der Waals surface area contributed by atoms with Crippen LogP contribution in [0.1, 0.15) is 31.7 Å². The maximum absolute atomic E-state index is 12.3. The van der Waals surface area contributed by atoms with Gasteiger partial charge in [-0.2, -0.15) is 0 Å². The van der Waals surface area contributed by atoms with Gasteiger partial charge >= 0.3 is 0 Å². The van der Waals surface area contributed by atoms with Crippen molar-refractivity contribution in [1.82, 2.24) is 9.62 Å². The quantitative estimate of drug-likeness (QED) is 0.731. The highest BCUT2D eigenvalue weighted by Gasteiger charge is 2.19. The molecule has 0 spiro atoms. The van der Waals surface area contributed by atoms with Gasteiger partial charge in [-0.3, -0.25) is 4.90 Å². The van der Waals surface area contributed by atoms with E-state index < -0.39 is 16.1 Å². The summed E-state index contributed by atoms with van der Waals surface area (Å²) in [7, 11) is -3.60. The Hall–Kier alpha value is -0.990. The van der Waals surface area contributed by atoms with Gasteiger partial charge < -0.3 is 9.84 Å². The molecule has 2 unspecified atom stereocenters. The summed E-state index contributed by atoms with van der Waals surface area (Å²) in [6.45, 7) is 7.51. The molecule has 0 aliphatic carbocycles. The van der Waals surface area contributed by atoms with Crippen LogP contribution >= 0.6 is 0 Å². The first-order valence-electron chi connectivity index (χ1n) is 8.50. The number of nitrogens with one attached hydrogen (secondary N) is 1. The smallest absolute Gasteiger partial charge is 0.240 e. The number of ether oxygens (including phenoxy) is 1. The summed E-state index contributed by atoms with van der Waals surface area (Å²) in [5.41, 5.74) is 1.13. The van der Waals surface area contributed by atoms with Crippen LogP contribution in [0.2, 0.25) is 0 Å². The Labute approximate surface area is 144 Å². The van der Waals surface area contributed by atoms with Crippen LogP contribution in [0.15, 0.2) is 29.2 Å². The first-order valence-corrected chi connectivity index (χ1v) is 9.98. The Bertz CT molecular complexity index is 598. The SMILES string of the molecule is CCC(C)c1ccc(S(=O)(=O)NCC(O)CN2CCOCC2)cc1. The van der Waals surface area contributed by atoms with Crippen molar-refractivity contribution in [2.75, 3.05) is 39.4 Å². The second kappa shape index (κ2) is 8.92. The maximum Gasteiger partial charge on any atom is 0.240 e. The zero-order valence-corrected chi connectivity index (χ0v) is 15.3. The lowest BCUT2D eigenvalue weighted by atomic mass is 9.99. The molecule has 6 nitrogen and oxygen atoms in total. The normalized spacial score (nSPS) is 19.1. The molecule has 2 atom stereocenters. The van der Waals surface area contributed by atoms with Crippen molar-refractivity contribution < 1.29 is 18.3 Å². The molecule has 24 heavy (non-hydrogen) atoms. The molecule has 0 radical (unpaired) electrons. The molecule has 1 saturated heterocycles. The molecule has 0 bridgehead atoms. The summed E-state index contributed by atoms with van der Waals surface area (Å²) in [5, 5.41) is 10.1. The molecule has 136 valence electrons. The van der Waals surface area contributed by atoms with Crippen molar-refractivity contribution >= 4 is 10.0 Å². The molecule has 2 N–H and O–H groups in total. The number of hydrogen-bond acceptors (Lipinski definition) is 5. The molecule has 1 aliphatic rings. The molecular weight excluding hydrogens is 328 g/mol. The van der Waals surface area contributed by atoms with Crippen LogP contribution in [-0.4, -0.2) is 63.9 Å². The standard InChI is InChI=1S/C17H28N2O4S/c1-3-14(2)15-4-6-17(7-5-15)24(21,22)18-12-16(20)13-19-8-10-23-11-9-19/h4-7,14,16,18,20H,3,8-13H2,1-2H3. The van der Waals surface area contributed by atoms with Gasteiger partial charge in [-0.05, 0) is 30.0 Å². The van der Waals surface area contributed by atoms with Gasteiger partial charge in [-0.1, -0.05) is 26.0 Å². The van der Waals surface area contributed by atoms with Crippen molar-refractivity contribution in [2.45, 2.75) is 37.2 Å². The predicted molar refractivity (Wildman–Crippen MR) is 93.6 cm³/mol. The van der Waals surface area contributed by atoms with E-state index in [0.29, 0.717) is 25.7 Å². The van der Waals surface area contributed by atoms with Gasteiger partial charge in [-0.25, -0.2) is 13.1 Å². The minimum atomic E-state index is -3.60. The molecule has 2 rings (SSSR count). The van der Waals surface area contributed by atoms with Crippen LogP contribution in [0.4, 0.5) is 0 Å². The first kappa shape index (κ1) is 19.3. The van der Waals surface area contributed by atoms with Crippen molar-refractivity contribution in [2.24, 2.45) is 0 Å². The number of morpholine rings is 1. The molecule has 0 amide bonds. The van der Waals surface area contributed by atoms with Gasteiger partial charge in [0.2, 0.25) is 10.0 Å². The van der Waals surface area contributed by atoms with Gasteiger partial charge in [0.25, 0.3) is 0 Å². The average Bonchev–Trinajstić information content (AvgIpc) is 2.60. The lowest BCUT2D eigenvalue weighted by Gasteiger charge is -2.28. The largest absolute Gasteiger partial charge is 0.390 e. The summed E-state index contributed by atoms with van der Waals surface area (Å²) in [6, 6.07) is 6.95. The Morgan fingerprint density at radius 2 is 1.88 bits per heavy atom. The molecule has 1 aliphatic heterocycles. The Kier molecular flexibility index (Phi) is 7.18. The van der Waals surface area contributed by atoms with Crippen LogP contribution in [-0.2, 0) is 14.8 Å². The second-order valence-corrected chi connectivity index (χ2v) is 8.06. The van der Waals surface area contributed by atoms with Gasteiger partial charge in [0.05, 0.1) is 24.2 Å². The Morgan fingerprint density at radius 3 is 2.46 bits per heavy atom. The molecular formula is C17H28N2O4S. The van der Waals surface area contributed by atoms with Crippen molar-refractivity contribution in [1.29, 1.82) is 0 Å². The number of aliphatic hydroxyl groups excluding tert-OH is 1. The topological polar surface area (TPSA) is 78.9 Å². The number of β-amino-alcohol motifs (C(OH)–C–C–N with tert-alkyl or cyclic N) is 1. The van der Waals surface area contributed by atoms with Crippen molar-refractivity contribution in [3.05, 3.63) is 29.8 Å². The molecule has 7 heteroatoms. The van der Waals surface area contributed by atoms with Gasteiger partial charge in [0.15, 0.2) is 0 Å². The lowest BCUT2D eigenvalue weighted by molar-refractivity contribution is 0.0158. The van der Waals surface area contributed by atoms with Gasteiger partial charge in [0.1, 0.15) is 0 Å². The fourth-order valence-electron chi connectivity index (χ4n) is 2.65. The van der Waals surface area contributed by atoms with Crippen molar-refractivity contribution in [3.8, 4) is 0 Å². The van der Waals surface area contributed by atoms with Crippen LogP contribution in [0.25, 0.3) is 0 Å². The van der Waals surface area contributed by atoms with E-state index in [1.165, 1.54) is 0 Å². The predicted octanol–water partition coefficient (Wildman–Crippen LogP) is 1.17. The van der Waals surface area contributed by atoms with E-state index in [-0.39, 0.29) is 11.4 Å². The monoisotopic (exact) mass is 356 g/mol. The number of aliphatic hydroxyl groups is 1. The summed E-state index contributed by atoms with van der Waals surface area (Å²) >= 11 is 0. The third kappa shape index (κ3) is 5.53. The third-order valence-corrected chi connectivity index (χ3v) is 5.89. The number of nitrogens with zero attached hydrogens (tertiary/aromatic N) is 1. The molecule has 1 fully saturated rings. The van der Waals surface area contributed by atoms with Crippen LogP contribution in [0.5, 0.6) is 0 Å². The van der Waals surface area contributed by atoms with E-state index in [9.17, 15) is 13.5 Å². The average molecular weight is 356 g/mol. The molecule has 0 aromatic heterocycles. The fraction of sp³-hybridized carbons (Fsp3) is 0.647.